The lowest BCUT2D eigenvalue weighted by Gasteiger charge is -2.09. The predicted molar refractivity (Wildman–Crippen MR) is 44.9 cm³/mol. The second-order valence-corrected chi connectivity index (χ2v) is 2.91. The Balaban J connectivity index is 2.25. The summed E-state index contributed by atoms with van der Waals surface area (Å²) < 4.78 is 0. The molecule has 0 bridgehead atoms. The van der Waals surface area contributed by atoms with Gasteiger partial charge in [-0.1, -0.05) is 0 Å². The first-order chi connectivity index (χ1) is 5.29. The van der Waals surface area contributed by atoms with E-state index in [2.05, 4.69) is 12.8 Å². The fourth-order valence-corrected chi connectivity index (χ4v) is 1.22. The van der Waals surface area contributed by atoms with E-state index in [1.54, 1.807) is 6.92 Å². The van der Waals surface area contributed by atoms with E-state index in [1.165, 1.54) is 0 Å². The first kappa shape index (κ1) is 8.76. The molecule has 0 aromatic rings. The van der Waals surface area contributed by atoms with E-state index in [1.807, 2.05) is 19.3 Å². The molecular weight excluding hydrogens is 136 g/mol. The van der Waals surface area contributed by atoms with Crippen LogP contribution in [-0.2, 0) is 4.79 Å². The number of Topliss-reactive ketones (excluding diaryl/α,β-unsaturated/α-hetero) is 1. The van der Waals surface area contributed by atoms with Crippen LogP contribution in [0.1, 0.15) is 19.8 Å². The molecule has 1 fully saturated rings. The summed E-state index contributed by atoms with van der Waals surface area (Å²) in [5, 5.41) is 0. The quantitative estimate of drug-likeness (QED) is 0.549. The zero-order chi connectivity index (χ0) is 8.10. The summed E-state index contributed by atoms with van der Waals surface area (Å²) in [5.74, 6) is 0.692. The number of ketones is 1. The van der Waals surface area contributed by atoms with Gasteiger partial charge in [-0.25, -0.2) is 0 Å². The zero-order valence-corrected chi connectivity index (χ0v) is 6.79. The number of carbonyl (C=O) groups excluding carboxylic acids is 1. The Bertz CT molecular complexity index is 121. The lowest BCUT2D eigenvalue weighted by Crippen LogP contribution is -2.05. The van der Waals surface area contributed by atoms with Crippen LogP contribution in [0.25, 0.3) is 0 Å². The molecule has 1 heteroatoms. The van der Waals surface area contributed by atoms with Crippen molar-refractivity contribution in [2.45, 2.75) is 19.8 Å². The topological polar surface area (TPSA) is 17.1 Å². The van der Waals surface area contributed by atoms with Gasteiger partial charge in [-0.2, -0.15) is 0 Å². The molecule has 0 aromatic carbocycles. The highest BCUT2D eigenvalue weighted by Gasteiger charge is 2.14. The van der Waals surface area contributed by atoms with Crippen LogP contribution in [-0.4, -0.2) is 5.78 Å². The third-order valence-corrected chi connectivity index (χ3v) is 1.73. The van der Waals surface area contributed by atoms with Gasteiger partial charge in [0.25, 0.3) is 0 Å². The predicted octanol–water partition coefficient (Wildman–Crippen LogP) is 2.01. The highest BCUT2D eigenvalue weighted by Crippen LogP contribution is 2.22. The Morgan fingerprint density at radius 3 is 3.00 bits per heavy atom. The average molecular weight is 149 g/mol. The molecule has 0 aromatic heterocycles. The molecule has 0 spiro atoms. The minimum Gasteiger partial charge on any atom is -0.300 e. The molecule has 1 aliphatic carbocycles. The Morgan fingerprint density at radius 2 is 2.27 bits per heavy atom. The normalized spacial score (nSPS) is 21.2. The third-order valence-electron chi connectivity index (χ3n) is 1.73. The largest absolute Gasteiger partial charge is 0.300 e. The smallest absolute Gasteiger partial charge is 0.130 e. The number of rotatable bonds is 2. The summed E-state index contributed by atoms with van der Waals surface area (Å²) in [6, 6.07) is 0. The van der Waals surface area contributed by atoms with Crippen molar-refractivity contribution in [3.8, 4) is 0 Å². The van der Waals surface area contributed by atoms with Gasteiger partial charge in [0, 0.05) is 6.42 Å². The summed E-state index contributed by atoms with van der Waals surface area (Å²) >= 11 is 0. The molecule has 1 unspecified atom stereocenters. The fraction of sp³-hybridized carbons (Fsp3) is 0.400. The summed E-state index contributed by atoms with van der Waals surface area (Å²) in [4.78, 5) is 10.8. The highest BCUT2D eigenvalue weighted by atomic mass is 16.1. The molecule has 1 nitrogen and oxygen atoms in total. The van der Waals surface area contributed by atoms with Gasteiger partial charge in [-0.15, -0.1) is 0 Å². The molecule has 0 saturated heterocycles. The van der Waals surface area contributed by atoms with E-state index in [9.17, 15) is 4.79 Å². The molecule has 11 heavy (non-hydrogen) atoms. The van der Waals surface area contributed by atoms with Gasteiger partial charge in [0.2, 0.25) is 0 Å². The van der Waals surface area contributed by atoms with E-state index in [0.29, 0.717) is 12.3 Å². The number of hydrogen-bond donors (Lipinski definition) is 0. The van der Waals surface area contributed by atoms with Crippen LogP contribution in [0.15, 0.2) is 0 Å². The van der Waals surface area contributed by atoms with Crippen molar-refractivity contribution in [1.82, 2.24) is 0 Å². The van der Waals surface area contributed by atoms with Gasteiger partial charge in [0.15, 0.2) is 0 Å². The van der Waals surface area contributed by atoms with Crippen molar-refractivity contribution in [1.29, 1.82) is 0 Å². The molecule has 0 heterocycles. The maximum Gasteiger partial charge on any atom is 0.130 e. The maximum absolute atomic E-state index is 10.8. The van der Waals surface area contributed by atoms with Crippen molar-refractivity contribution in [2.24, 2.45) is 5.92 Å². The standard InChI is InChI=1S/C10H13O/c1-9(11)8-10-6-4-2-3-5-7-10/h2-6,10H,7-8H2,1H3. The molecule has 59 valence electrons. The van der Waals surface area contributed by atoms with E-state index in [4.69, 9.17) is 0 Å². The second kappa shape index (κ2) is 4.53. The van der Waals surface area contributed by atoms with Crippen molar-refractivity contribution >= 4 is 5.78 Å². The molecule has 0 N–H and O–H groups in total. The molecule has 5 radical (unpaired) electrons. The van der Waals surface area contributed by atoms with Gasteiger partial charge in [-0.3, -0.25) is 0 Å². The maximum atomic E-state index is 10.8. The highest BCUT2D eigenvalue weighted by molar-refractivity contribution is 5.75. The van der Waals surface area contributed by atoms with Crippen molar-refractivity contribution in [2.75, 3.05) is 0 Å². The average Bonchev–Trinajstić information content (AvgIpc) is 2.14. The molecular formula is C10H13O. The molecule has 0 aliphatic heterocycles. The van der Waals surface area contributed by atoms with Gasteiger partial charge in [0.1, 0.15) is 5.78 Å². The zero-order valence-electron chi connectivity index (χ0n) is 6.79. The van der Waals surface area contributed by atoms with E-state index in [-0.39, 0.29) is 5.78 Å². The monoisotopic (exact) mass is 149 g/mol. The fourth-order valence-electron chi connectivity index (χ4n) is 1.22. The van der Waals surface area contributed by atoms with Crippen LogP contribution < -0.4 is 0 Å². The van der Waals surface area contributed by atoms with Gasteiger partial charge < -0.3 is 4.79 Å². The van der Waals surface area contributed by atoms with E-state index in [0.717, 1.165) is 6.42 Å². The third kappa shape index (κ3) is 3.54. The summed E-state index contributed by atoms with van der Waals surface area (Å²) in [6.45, 7) is 1.64. The molecule has 1 saturated carbocycles. The van der Waals surface area contributed by atoms with Gasteiger partial charge in [-0.05, 0) is 51.4 Å². The minimum absolute atomic E-state index is 0.273. The number of hydrogen-bond acceptors (Lipinski definition) is 1. The van der Waals surface area contributed by atoms with Crippen LogP contribution in [0.4, 0.5) is 0 Å². The first-order valence-corrected chi connectivity index (χ1v) is 3.95. The Hall–Kier alpha value is -0.330. The number of carbonyl (C=O) groups is 1. The Labute approximate surface area is 69.2 Å². The molecule has 1 rings (SSSR count). The first-order valence-electron chi connectivity index (χ1n) is 3.95. The molecule has 1 atom stereocenters. The summed E-state index contributed by atoms with van der Waals surface area (Å²) in [7, 11) is 0. The summed E-state index contributed by atoms with van der Waals surface area (Å²) in [5.41, 5.74) is 0. The van der Waals surface area contributed by atoms with Crippen molar-refractivity contribution in [3.05, 3.63) is 32.1 Å². The Morgan fingerprint density at radius 1 is 1.45 bits per heavy atom. The van der Waals surface area contributed by atoms with Crippen LogP contribution >= 0.6 is 0 Å². The van der Waals surface area contributed by atoms with Crippen molar-refractivity contribution in [3.63, 3.8) is 0 Å². The molecule has 1 aliphatic rings. The van der Waals surface area contributed by atoms with Crippen LogP contribution in [0.3, 0.4) is 0 Å². The minimum atomic E-state index is 0.273. The molecule has 0 amide bonds. The SMILES string of the molecule is CC(=O)CC1[CH][CH][CH][CH][CH]C1. The Kier molecular flexibility index (Phi) is 3.61. The lowest BCUT2D eigenvalue weighted by molar-refractivity contribution is -0.117. The van der Waals surface area contributed by atoms with Crippen LogP contribution in [0.5, 0.6) is 0 Å². The van der Waals surface area contributed by atoms with E-state index >= 15 is 0 Å². The van der Waals surface area contributed by atoms with Gasteiger partial charge in [0.05, 0.1) is 0 Å². The van der Waals surface area contributed by atoms with Crippen LogP contribution in [0, 0.1) is 38.0 Å². The van der Waals surface area contributed by atoms with E-state index < -0.39 is 0 Å². The van der Waals surface area contributed by atoms with Gasteiger partial charge >= 0.3 is 0 Å². The van der Waals surface area contributed by atoms with Crippen LogP contribution in [0.2, 0.25) is 0 Å². The summed E-state index contributed by atoms with van der Waals surface area (Å²) in [6.07, 6.45) is 11.9. The second-order valence-electron chi connectivity index (χ2n) is 2.91. The van der Waals surface area contributed by atoms with Crippen molar-refractivity contribution < 1.29 is 4.79 Å². The lowest BCUT2D eigenvalue weighted by atomic mass is 9.95.